The Morgan fingerprint density at radius 3 is 2.63 bits per heavy atom. The summed E-state index contributed by atoms with van der Waals surface area (Å²) in [6.07, 6.45) is 0. The van der Waals surface area contributed by atoms with Gasteiger partial charge in [0, 0.05) is 26.2 Å². The Bertz CT molecular complexity index is 490. The first-order chi connectivity index (χ1) is 9.22. The Morgan fingerprint density at radius 2 is 2.00 bits per heavy atom. The number of imide groups is 1. The monoisotopic (exact) mass is 260 g/mol. The number of nitrogens with one attached hydrogen (secondary N) is 1. The quantitative estimate of drug-likeness (QED) is 0.727. The zero-order valence-corrected chi connectivity index (χ0v) is 10.5. The van der Waals surface area contributed by atoms with Crippen molar-refractivity contribution in [1.82, 2.24) is 10.2 Å². The van der Waals surface area contributed by atoms with E-state index < -0.39 is 0 Å². The van der Waals surface area contributed by atoms with Gasteiger partial charge in [-0.05, 0) is 17.7 Å². The fraction of sp³-hybridized carbons (Fsp3) is 0.385. The SMILES string of the molecule is NCc1ccc(N2C(=O)C3CNCCN3C2=O)cc1. The summed E-state index contributed by atoms with van der Waals surface area (Å²) in [5.74, 6) is -0.155. The summed E-state index contributed by atoms with van der Waals surface area (Å²) < 4.78 is 0. The smallest absolute Gasteiger partial charge is 0.326 e. The predicted molar refractivity (Wildman–Crippen MR) is 70.6 cm³/mol. The molecule has 2 aliphatic heterocycles. The number of carbonyl (C=O) groups is 2. The van der Waals surface area contributed by atoms with E-state index in [4.69, 9.17) is 5.73 Å². The number of fused-ring (bicyclic) bond motifs is 1. The Hall–Kier alpha value is -1.92. The van der Waals surface area contributed by atoms with Crippen LogP contribution in [0.1, 0.15) is 5.56 Å². The molecule has 3 N–H and O–H groups in total. The zero-order chi connectivity index (χ0) is 13.4. The van der Waals surface area contributed by atoms with E-state index in [1.807, 2.05) is 12.1 Å². The normalized spacial score (nSPS) is 22.9. The van der Waals surface area contributed by atoms with Crippen molar-refractivity contribution in [3.63, 3.8) is 0 Å². The lowest BCUT2D eigenvalue weighted by Gasteiger charge is -2.26. The highest BCUT2D eigenvalue weighted by Gasteiger charge is 2.46. The fourth-order valence-corrected chi connectivity index (χ4v) is 2.54. The molecule has 1 aromatic rings. The Morgan fingerprint density at radius 1 is 1.26 bits per heavy atom. The van der Waals surface area contributed by atoms with Gasteiger partial charge in [-0.1, -0.05) is 12.1 Å². The first-order valence-electron chi connectivity index (χ1n) is 6.36. The van der Waals surface area contributed by atoms with Crippen LogP contribution in [-0.4, -0.2) is 42.5 Å². The highest BCUT2D eigenvalue weighted by molar-refractivity contribution is 6.21. The maximum absolute atomic E-state index is 12.3. The predicted octanol–water partition coefficient (Wildman–Crippen LogP) is -0.114. The summed E-state index contributed by atoms with van der Waals surface area (Å²) in [7, 11) is 0. The van der Waals surface area contributed by atoms with E-state index in [-0.39, 0.29) is 18.0 Å². The van der Waals surface area contributed by atoms with Crippen molar-refractivity contribution in [2.45, 2.75) is 12.6 Å². The van der Waals surface area contributed by atoms with E-state index in [2.05, 4.69) is 5.32 Å². The number of hydrogen-bond donors (Lipinski definition) is 2. The van der Waals surface area contributed by atoms with E-state index in [0.717, 1.165) is 12.1 Å². The molecule has 2 heterocycles. The highest BCUT2D eigenvalue weighted by atomic mass is 16.2. The van der Waals surface area contributed by atoms with Gasteiger partial charge in [0.25, 0.3) is 5.91 Å². The molecule has 3 amide bonds. The number of urea groups is 1. The largest absolute Gasteiger partial charge is 0.332 e. The van der Waals surface area contributed by atoms with Crippen molar-refractivity contribution >= 4 is 17.6 Å². The van der Waals surface area contributed by atoms with E-state index >= 15 is 0 Å². The molecule has 6 heteroatoms. The van der Waals surface area contributed by atoms with Crippen molar-refractivity contribution < 1.29 is 9.59 Å². The maximum atomic E-state index is 12.3. The second-order valence-electron chi connectivity index (χ2n) is 4.74. The molecule has 0 aliphatic carbocycles. The van der Waals surface area contributed by atoms with E-state index in [9.17, 15) is 9.59 Å². The molecule has 2 aliphatic rings. The lowest BCUT2D eigenvalue weighted by molar-refractivity contribution is -0.120. The third-order valence-corrected chi connectivity index (χ3v) is 3.62. The zero-order valence-electron chi connectivity index (χ0n) is 10.5. The molecule has 0 radical (unpaired) electrons. The number of nitrogens with two attached hydrogens (primary N) is 1. The molecule has 19 heavy (non-hydrogen) atoms. The molecule has 0 spiro atoms. The van der Waals surface area contributed by atoms with Crippen LogP contribution in [0.15, 0.2) is 24.3 Å². The first kappa shape index (κ1) is 12.1. The number of anilines is 1. The molecule has 2 saturated heterocycles. The lowest BCUT2D eigenvalue weighted by atomic mass is 10.2. The van der Waals surface area contributed by atoms with Gasteiger partial charge in [0.05, 0.1) is 5.69 Å². The van der Waals surface area contributed by atoms with Crippen molar-refractivity contribution in [3.05, 3.63) is 29.8 Å². The number of benzene rings is 1. The molecule has 0 bridgehead atoms. The van der Waals surface area contributed by atoms with Gasteiger partial charge < -0.3 is 16.0 Å². The molecule has 2 fully saturated rings. The minimum absolute atomic E-state index is 0.155. The summed E-state index contributed by atoms with van der Waals surface area (Å²) >= 11 is 0. The van der Waals surface area contributed by atoms with E-state index in [1.54, 1.807) is 17.0 Å². The summed E-state index contributed by atoms with van der Waals surface area (Å²) in [5.41, 5.74) is 7.13. The number of nitrogens with zero attached hydrogens (tertiary/aromatic N) is 2. The molecule has 0 aromatic heterocycles. The van der Waals surface area contributed by atoms with Crippen LogP contribution >= 0.6 is 0 Å². The number of amides is 3. The van der Waals surface area contributed by atoms with Crippen LogP contribution in [0.5, 0.6) is 0 Å². The van der Waals surface area contributed by atoms with Crippen LogP contribution < -0.4 is 16.0 Å². The molecular weight excluding hydrogens is 244 g/mol. The van der Waals surface area contributed by atoms with Crippen LogP contribution in [0, 0.1) is 0 Å². The van der Waals surface area contributed by atoms with Crippen molar-refractivity contribution in [2.75, 3.05) is 24.5 Å². The second-order valence-corrected chi connectivity index (χ2v) is 4.74. The number of hydrogen-bond acceptors (Lipinski definition) is 4. The number of rotatable bonds is 2. The van der Waals surface area contributed by atoms with Crippen LogP contribution in [0.3, 0.4) is 0 Å². The number of carbonyl (C=O) groups excluding carboxylic acids is 2. The molecule has 1 aromatic carbocycles. The average molecular weight is 260 g/mol. The van der Waals surface area contributed by atoms with Crippen molar-refractivity contribution in [1.29, 1.82) is 0 Å². The Labute approximate surface area is 111 Å². The first-order valence-corrected chi connectivity index (χ1v) is 6.36. The third-order valence-electron chi connectivity index (χ3n) is 3.62. The van der Waals surface area contributed by atoms with Crippen molar-refractivity contribution in [3.8, 4) is 0 Å². The van der Waals surface area contributed by atoms with Gasteiger partial charge in [0.2, 0.25) is 0 Å². The molecule has 6 nitrogen and oxygen atoms in total. The lowest BCUT2D eigenvalue weighted by Crippen LogP contribution is -2.51. The summed E-state index contributed by atoms with van der Waals surface area (Å²) in [6, 6.07) is 6.62. The minimum Gasteiger partial charge on any atom is -0.326 e. The summed E-state index contributed by atoms with van der Waals surface area (Å²) in [5, 5.41) is 3.14. The summed E-state index contributed by atoms with van der Waals surface area (Å²) in [4.78, 5) is 27.5. The summed E-state index contributed by atoms with van der Waals surface area (Å²) in [6.45, 7) is 2.28. The van der Waals surface area contributed by atoms with Gasteiger partial charge in [-0.25, -0.2) is 9.69 Å². The number of piperazine rings is 1. The van der Waals surface area contributed by atoms with Gasteiger partial charge >= 0.3 is 6.03 Å². The standard InChI is InChI=1S/C13H16N4O2/c14-7-9-1-3-10(4-2-9)17-12(18)11-8-15-5-6-16(11)13(17)19/h1-4,11,15H,5-8,14H2. The van der Waals surface area contributed by atoms with Gasteiger partial charge in [-0.3, -0.25) is 4.79 Å². The second kappa shape index (κ2) is 4.64. The van der Waals surface area contributed by atoms with Gasteiger partial charge in [-0.2, -0.15) is 0 Å². The minimum atomic E-state index is -0.365. The molecule has 3 rings (SSSR count). The van der Waals surface area contributed by atoms with Gasteiger partial charge in [0.15, 0.2) is 0 Å². The fourth-order valence-electron chi connectivity index (χ4n) is 2.54. The van der Waals surface area contributed by atoms with Crippen LogP contribution in [0.2, 0.25) is 0 Å². The van der Waals surface area contributed by atoms with Gasteiger partial charge in [0.1, 0.15) is 6.04 Å². The highest BCUT2D eigenvalue weighted by Crippen LogP contribution is 2.26. The molecular formula is C13H16N4O2. The van der Waals surface area contributed by atoms with Crippen LogP contribution in [-0.2, 0) is 11.3 Å². The Balaban J connectivity index is 1.91. The van der Waals surface area contributed by atoms with E-state index in [0.29, 0.717) is 25.3 Å². The molecule has 1 unspecified atom stereocenters. The van der Waals surface area contributed by atoms with Crippen LogP contribution in [0.25, 0.3) is 0 Å². The van der Waals surface area contributed by atoms with Crippen molar-refractivity contribution in [2.24, 2.45) is 5.73 Å². The molecule has 100 valence electrons. The third kappa shape index (κ3) is 1.89. The van der Waals surface area contributed by atoms with Gasteiger partial charge in [-0.15, -0.1) is 0 Å². The van der Waals surface area contributed by atoms with E-state index in [1.165, 1.54) is 4.90 Å². The maximum Gasteiger partial charge on any atom is 0.332 e. The van der Waals surface area contributed by atoms with Crippen LogP contribution in [0.4, 0.5) is 10.5 Å². The molecule has 1 atom stereocenters. The average Bonchev–Trinajstić information content (AvgIpc) is 2.72. The Kier molecular flexibility index (Phi) is 2.96. The topological polar surface area (TPSA) is 78.7 Å². The molecule has 0 saturated carbocycles.